The molecule has 4 heteroatoms. The summed E-state index contributed by atoms with van der Waals surface area (Å²) in [5.41, 5.74) is 1.58. The average Bonchev–Trinajstić information content (AvgIpc) is 2.40. The van der Waals surface area contributed by atoms with Crippen LogP contribution in [0.5, 0.6) is 5.75 Å². The highest BCUT2D eigenvalue weighted by Gasteiger charge is 2.26. The van der Waals surface area contributed by atoms with Gasteiger partial charge in [0.1, 0.15) is 5.75 Å². The Morgan fingerprint density at radius 1 is 1.42 bits per heavy atom. The van der Waals surface area contributed by atoms with Crippen LogP contribution in [0.2, 0.25) is 0 Å². The molecule has 1 aromatic carbocycles. The van der Waals surface area contributed by atoms with Crippen molar-refractivity contribution in [3.8, 4) is 5.75 Å². The number of carboxylic acids is 1. The molecule has 1 aliphatic carbocycles. The lowest BCUT2D eigenvalue weighted by Gasteiger charge is -2.23. The molecular weight excluding hydrogens is 244 g/mol. The zero-order chi connectivity index (χ0) is 13.8. The number of carboxylic acid groups (broad SMARTS) is 1. The number of para-hydroxylation sites is 1. The van der Waals surface area contributed by atoms with Gasteiger partial charge in [0.2, 0.25) is 0 Å². The topological polar surface area (TPSA) is 63.6 Å². The summed E-state index contributed by atoms with van der Waals surface area (Å²) < 4.78 is 5.29. The van der Waals surface area contributed by atoms with Gasteiger partial charge in [0.25, 0.3) is 0 Å². The average molecular weight is 260 g/mol. The first-order chi connectivity index (χ1) is 9.11. The molecule has 0 saturated carbocycles. The molecule has 2 rings (SSSR count). The number of hydrogen-bond acceptors (Lipinski definition) is 3. The van der Waals surface area contributed by atoms with Gasteiger partial charge in [0.15, 0.2) is 5.78 Å². The maximum absolute atomic E-state index is 11.6. The molecule has 1 N–H and O–H groups in total. The Hall–Kier alpha value is -2.10. The minimum absolute atomic E-state index is 0.0389. The van der Waals surface area contributed by atoms with E-state index in [2.05, 4.69) is 0 Å². The summed E-state index contributed by atoms with van der Waals surface area (Å²) in [5, 5.41) is 8.98. The normalized spacial score (nSPS) is 18.9. The second-order valence-electron chi connectivity index (χ2n) is 4.60. The molecule has 0 aromatic heterocycles. The van der Waals surface area contributed by atoms with E-state index in [1.54, 1.807) is 13.2 Å². The number of rotatable bonds is 4. The minimum atomic E-state index is -0.847. The van der Waals surface area contributed by atoms with Gasteiger partial charge in [-0.05, 0) is 30.1 Å². The number of benzene rings is 1. The van der Waals surface area contributed by atoms with E-state index in [1.807, 2.05) is 24.3 Å². The van der Waals surface area contributed by atoms with Gasteiger partial charge < -0.3 is 9.84 Å². The fraction of sp³-hybridized carbons (Fsp3) is 0.333. The lowest BCUT2D eigenvalue weighted by Crippen LogP contribution is -2.17. The van der Waals surface area contributed by atoms with Crippen molar-refractivity contribution in [3.63, 3.8) is 0 Å². The molecule has 4 nitrogen and oxygen atoms in total. The van der Waals surface area contributed by atoms with E-state index in [0.717, 1.165) is 11.1 Å². The minimum Gasteiger partial charge on any atom is -0.496 e. The molecule has 0 saturated heterocycles. The smallest absolute Gasteiger partial charge is 0.303 e. The van der Waals surface area contributed by atoms with E-state index in [1.165, 1.54) is 0 Å². The van der Waals surface area contributed by atoms with E-state index >= 15 is 0 Å². The largest absolute Gasteiger partial charge is 0.496 e. The van der Waals surface area contributed by atoms with Crippen LogP contribution in [0.15, 0.2) is 30.3 Å². The predicted octanol–water partition coefficient (Wildman–Crippen LogP) is 2.53. The van der Waals surface area contributed by atoms with Crippen molar-refractivity contribution in [2.45, 2.75) is 19.3 Å². The molecule has 1 aliphatic rings. The van der Waals surface area contributed by atoms with Crippen molar-refractivity contribution < 1.29 is 19.4 Å². The number of allylic oxidation sites excluding steroid dienone is 2. The summed E-state index contributed by atoms with van der Waals surface area (Å²) in [7, 11) is 1.57. The molecule has 1 unspecified atom stereocenters. The van der Waals surface area contributed by atoms with E-state index in [-0.39, 0.29) is 18.1 Å². The van der Waals surface area contributed by atoms with Crippen LogP contribution in [0.3, 0.4) is 0 Å². The summed E-state index contributed by atoms with van der Waals surface area (Å²) in [6.07, 6.45) is 2.59. The Labute approximate surface area is 111 Å². The molecule has 1 atom stereocenters. The van der Waals surface area contributed by atoms with Crippen LogP contribution < -0.4 is 4.74 Å². The third kappa shape index (κ3) is 3.02. The van der Waals surface area contributed by atoms with Gasteiger partial charge in [-0.15, -0.1) is 0 Å². The number of carbonyl (C=O) groups excluding carboxylic acids is 1. The van der Waals surface area contributed by atoms with Crippen LogP contribution in [-0.4, -0.2) is 24.0 Å². The van der Waals surface area contributed by atoms with Crippen LogP contribution in [0.4, 0.5) is 0 Å². The maximum Gasteiger partial charge on any atom is 0.303 e. The van der Waals surface area contributed by atoms with Crippen LogP contribution in [0.1, 0.15) is 24.8 Å². The number of ether oxygens (including phenoxy) is 1. The Kier molecular flexibility index (Phi) is 4.00. The molecule has 0 radical (unpaired) electrons. The van der Waals surface area contributed by atoms with Crippen molar-refractivity contribution in [1.29, 1.82) is 0 Å². The molecule has 0 fully saturated rings. The molecule has 0 aliphatic heterocycles. The summed E-state index contributed by atoms with van der Waals surface area (Å²) in [6, 6.07) is 7.38. The molecule has 0 amide bonds. The van der Waals surface area contributed by atoms with Crippen molar-refractivity contribution in [3.05, 3.63) is 35.9 Å². The summed E-state index contributed by atoms with van der Waals surface area (Å²) in [5.74, 6) is -0.270. The molecule has 1 aromatic rings. The van der Waals surface area contributed by atoms with E-state index in [9.17, 15) is 9.59 Å². The lowest BCUT2D eigenvalue weighted by atomic mass is 9.81. The van der Waals surface area contributed by atoms with Gasteiger partial charge in [0.05, 0.1) is 13.5 Å². The number of ketones is 1. The third-order valence-corrected chi connectivity index (χ3v) is 3.33. The van der Waals surface area contributed by atoms with Gasteiger partial charge >= 0.3 is 5.97 Å². The predicted molar refractivity (Wildman–Crippen MR) is 71.0 cm³/mol. The van der Waals surface area contributed by atoms with Crippen LogP contribution in [0.25, 0.3) is 5.57 Å². The first kappa shape index (κ1) is 13.3. The highest BCUT2D eigenvalue weighted by atomic mass is 16.5. The van der Waals surface area contributed by atoms with Crippen molar-refractivity contribution in [2.75, 3.05) is 7.11 Å². The fourth-order valence-corrected chi connectivity index (χ4v) is 2.44. The van der Waals surface area contributed by atoms with Gasteiger partial charge in [0, 0.05) is 12.0 Å². The van der Waals surface area contributed by atoms with Crippen LogP contribution in [0, 0.1) is 5.92 Å². The lowest BCUT2D eigenvalue weighted by molar-refractivity contribution is -0.138. The number of aliphatic carboxylic acids is 1. The fourth-order valence-electron chi connectivity index (χ4n) is 2.44. The second-order valence-corrected chi connectivity index (χ2v) is 4.60. The van der Waals surface area contributed by atoms with Crippen LogP contribution >= 0.6 is 0 Å². The maximum atomic E-state index is 11.6. The van der Waals surface area contributed by atoms with Crippen molar-refractivity contribution in [1.82, 2.24) is 0 Å². The molecule has 0 spiro atoms. The number of methoxy groups -OCH3 is 1. The highest BCUT2D eigenvalue weighted by Crippen LogP contribution is 2.37. The Balaban J connectivity index is 2.42. The molecular formula is C15H16O4. The summed E-state index contributed by atoms with van der Waals surface area (Å²) in [4.78, 5) is 22.6. The zero-order valence-corrected chi connectivity index (χ0v) is 10.8. The van der Waals surface area contributed by atoms with E-state index < -0.39 is 5.97 Å². The number of carbonyl (C=O) groups is 2. The Bertz CT molecular complexity index is 531. The quantitative estimate of drug-likeness (QED) is 0.903. The van der Waals surface area contributed by atoms with E-state index in [0.29, 0.717) is 18.6 Å². The summed E-state index contributed by atoms with van der Waals surface area (Å²) in [6.45, 7) is 0. The van der Waals surface area contributed by atoms with Gasteiger partial charge in [-0.1, -0.05) is 18.2 Å². The first-order valence-corrected chi connectivity index (χ1v) is 6.21. The third-order valence-electron chi connectivity index (χ3n) is 3.33. The van der Waals surface area contributed by atoms with Crippen molar-refractivity contribution in [2.24, 2.45) is 5.92 Å². The van der Waals surface area contributed by atoms with Gasteiger partial charge in [-0.25, -0.2) is 0 Å². The van der Waals surface area contributed by atoms with Crippen LogP contribution in [-0.2, 0) is 9.59 Å². The molecule has 100 valence electrons. The zero-order valence-electron chi connectivity index (χ0n) is 10.8. The second kappa shape index (κ2) is 5.69. The highest BCUT2D eigenvalue weighted by molar-refractivity contribution is 6.00. The monoisotopic (exact) mass is 260 g/mol. The first-order valence-electron chi connectivity index (χ1n) is 6.21. The Morgan fingerprint density at radius 2 is 2.16 bits per heavy atom. The standard InChI is InChI=1S/C15H16O4/c1-19-14-5-3-2-4-12(14)13-9-11(16)7-6-10(13)8-15(17)18/h2-5,9-10H,6-8H2,1H3,(H,17,18). The van der Waals surface area contributed by atoms with Gasteiger partial charge in [-0.2, -0.15) is 0 Å². The number of hydrogen-bond donors (Lipinski definition) is 1. The Morgan fingerprint density at radius 3 is 2.84 bits per heavy atom. The molecule has 0 bridgehead atoms. The molecule has 19 heavy (non-hydrogen) atoms. The SMILES string of the molecule is COc1ccccc1C1=CC(=O)CCC1CC(=O)O. The summed E-state index contributed by atoms with van der Waals surface area (Å²) >= 11 is 0. The van der Waals surface area contributed by atoms with E-state index in [4.69, 9.17) is 9.84 Å². The molecule has 0 heterocycles. The van der Waals surface area contributed by atoms with Crippen molar-refractivity contribution >= 4 is 17.3 Å². The van der Waals surface area contributed by atoms with Gasteiger partial charge in [-0.3, -0.25) is 9.59 Å².